The molecule has 1 aromatic carbocycles. The van der Waals surface area contributed by atoms with Gasteiger partial charge in [-0.05, 0) is 23.8 Å². The third-order valence-electron chi connectivity index (χ3n) is 3.98. The number of anilines is 1. The summed E-state index contributed by atoms with van der Waals surface area (Å²) in [6.07, 6.45) is 4.61. The largest absolute Gasteiger partial charge is 0.481 e. The second kappa shape index (κ2) is 8.30. The summed E-state index contributed by atoms with van der Waals surface area (Å²) in [4.78, 5) is 32.9. The number of ether oxygens (including phenoxy) is 1. The number of nitrogens with one attached hydrogen (secondary N) is 2. The van der Waals surface area contributed by atoms with Crippen molar-refractivity contribution >= 4 is 17.5 Å². The summed E-state index contributed by atoms with van der Waals surface area (Å²) in [7, 11) is 3.21. The van der Waals surface area contributed by atoms with Gasteiger partial charge in [0.2, 0.25) is 5.88 Å². The molecule has 8 nitrogen and oxygen atoms in total. The molecular weight excluding hydrogens is 365 g/mol. The molecule has 2 N–H and O–H groups in total. The highest BCUT2D eigenvalue weighted by atomic mass is 19.1. The van der Waals surface area contributed by atoms with E-state index in [2.05, 4.69) is 20.6 Å². The standard InChI is InChI=1S/C19H18FN5O3/c1-25-9-8-21-17(25)16(12-4-3-5-13(20)10-12)24-19(27)18(26)23-14-6-7-15(28-2)22-11-14/h3-11,16H,1-2H3,(H,23,26)(H,24,27). The van der Waals surface area contributed by atoms with Crippen LogP contribution in [-0.4, -0.2) is 33.5 Å². The molecule has 0 fully saturated rings. The molecule has 3 aromatic rings. The molecule has 28 heavy (non-hydrogen) atoms. The van der Waals surface area contributed by atoms with Crippen LogP contribution in [0.4, 0.5) is 10.1 Å². The number of pyridine rings is 1. The van der Waals surface area contributed by atoms with E-state index in [1.54, 1.807) is 42.2 Å². The first-order valence-corrected chi connectivity index (χ1v) is 8.32. The zero-order valence-corrected chi connectivity index (χ0v) is 15.2. The van der Waals surface area contributed by atoms with Crippen LogP contribution in [0.3, 0.4) is 0 Å². The second-order valence-corrected chi connectivity index (χ2v) is 5.90. The SMILES string of the molecule is COc1ccc(NC(=O)C(=O)NC(c2cccc(F)c2)c2nccn2C)cn1. The van der Waals surface area contributed by atoms with E-state index >= 15 is 0 Å². The van der Waals surface area contributed by atoms with Gasteiger partial charge in [0.05, 0.1) is 19.0 Å². The molecule has 2 heterocycles. The number of benzene rings is 1. The lowest BCUT2D eigenvalue weighted by molar-refractivity contribution is -0.136. The number of aromatic nitrogens is 3. The Morgan fingerprint density at radius 1 is 1.18 bits per heavy atom. The van der Waals surface area contributed by atoms with E-state index in [9.17, 15) is 14.0 Å². The van der Waals surface area contributed by atoms with E-state index in [0.717, 1.165) is 0 Å². The molecule has 9 heteroatoms. The summed E-state index contributed by atoms with van der Waals surface area (Å²) < 4.78 is 20.3. The minimum absolute atomic E-state index is 0.334. The van der Waals surface area contributed by atoms with Crippen molar-refractivity contribution in [3.05, 3.63) is 72.2 Å². The van der Waals surface area contributed by atoms with Crippen LogP contribution in [0, 0.1) is 5.82 Å². The zero-order valence-electron chi connectivity index (χ0n) is 15.2. The van der Waals surface area contributed by atoms with E-state index < -0.39 is 23.7 Å². The molecule has 0 saturated carbocycles. The first-order valence-electron chi connectivity index (χ1n) is 8.32. The Bertz CT molecular complexity index is 987. The molecule has 2 aromatic heterocycles. The maximum Gasteiger partial charge on any atom is 0.313 e. The number of methoxy groups -OCH3 is 1. The van der Waals surface area contributed by atoms with Crippen molar-refractivity contribution in [1.29, 1.82) is 0 Å². The summed E-state index contributed by atoms with van der Waals surface area (Å²) in [5.74, 6) is -1.41. The van der Waals surface area contributed by atoms with Gasteiger partial charge < -0.3 is 19.9 Å². The Kier molecular flexibility index (Phi) is 5.64. The van der Waals surface area contributed by atoms with Gasteiger partial charge in [0, 0.05) is 25.5 Å². The number of amides is 2. The van der Waals surface area contributed by atoms with Crippen LogP contribution >= 0.6 is 0 Å². The Hall–Kier alpha value is -3.75. The summed E-state index contributed by atoms with van der Waals surface area (Å²) in [6, 6.07) is 8.05. The van der Waals surface area contributed by atoms with Crippen molar-refractivity contribution in [2.75, 3.05) is 12.4 Å². The van der Waals surface area contributed by atoms with Gasteiger partial charge in [-0.1, -0.05) is 12.1 Å². The molecule has 144 valence electrons. The smallest absolute Gasteiger partial charge is 0.313 e. The molecule has 0 saturated heterocycles. The van der Waals surface area contributed by atoms with Gasteiger partial charge in [0.15, 0.2) is 0 Å². The molecule has 0 aliphatic rings. The zero-order chi connectivity index (χ0) is 20.1. The van der Waals surface area contributed by atoms with Crippen molar-refractivity contribution in [2.24, 2.45) is 7.05 Å². The number of nitrogens with zero attached hydrogens (tertiary/aromatic N) is 3. The summed E-state index contributed by atoms with van der Waals surface area (Å²) in [5, 5.41) is 5.05. The van der Waals surface area contributed by atoms with Crippen LogP contribution in [0.25, 0.3) is 0 Å². The Morgan fingerprint density at radius 2 is 2.00 bits per heavy atom. The summed E-state index contributed by atoms with van der Waals surface area (Å²) >= 11 is 0. The molecule has 2 amide bonds. The molecule has 1 atom stereocenters. The Balaban J connectivity index is 1.78. The maximum absolute atomic E-state index is 13.7. The normalized spacial score (nSPS) is 11.5. The number of aryl methyl sites for hydroxylation is 1. The molecule has 1 unspecified atom stereocenters. The third-order valence-corrected chi connectivity index (χ3v) is 3.98. The van der Waals surface area contributed by atoms with E-state index in [4.69, 9.17) is 4.74 Å². The molecule has 0 bridgehead atoms. The molecule has 3 rings (SSSR count). The number of carbonyl (C=O) groups is 2. The summed E-state index contributed by atoms with van der Waals surface area (Å²) in [6.45, 7) is 0. The third kappa shape index (κ3) is 4.32. The van der Waals surface area contributed by atoms with Gasteiger partial charge in [-0.2, -0.15) is 0 Å². The number of carbonyl (C=O) groups excluding carboxylic acids is 2. The van der Waals surface area contributed by atoms with Gasteiger partial charge in [-0.3, -0.25) is 9.59 Å². The van der Waals surface area contributed by atoms with Crippen LogP contribution in [0.1, 0.15) is 17.4 Å². The fourth-order valence-corrected chi connectivity index (χ4v) is 2.60. The van der Waals surface area contributed by atoms with Gasteiger partial charge >= 0.3 is 11.8 Å². The predicted octanol–water partition coefficient (Wildman–Crippen LogP) is 1.81. The molecule has 0 aliphatic carbocycles. The van der Waals surface area contributed by atoms with Crippen LogP contribution in [0.5, 0.6) is 5.88 Å². The average Bonchev–Trinajstić information content (AvgIpc) is 3.12. The fourth-order valence-electron chi connectivity index (χ4n) is 2.60. The monoisotopic (exact) mass is 383 g/mol. The highest BCUT2D eigenvalue weighted by Gasteiger charge is 2.24. The Morgan fingerprint density at radius 3 is 2.61 bits per heavy atom. The van der Waals surface area contributed by atoms with Crippen molar-refractivity contribution in [2.45, 2.75) is 6.04 Å². The number of hydrogen-bond donors (Lipinski definition) is 2. The van der Waals surface area contributed by atoms with E-state index in [0.29, 0.717) is 23.0 Å². The minimum Gasteiger partial charge on any atom is -0.481 e. The number of rotatable bonds is 5. The maximum atomic E-state index is 13.7. The Labute approximate surface area is 160 Å². The van der Waals surface area contributed by atoms with Crippen LogP contribution in [0.15, 0.2) is 55.0 Å². The van der Waals surface area contributed by atoms with E-state index in [-0.39, 0.29) is 0 Å². The van der Waals surface area contributed by atoms with E-state index in [1.807, 2.05) is 0 Å². The number of hydrogen-bond acceptors (Lipinski definition) is 5. The first kappa shape index (κ1) is 19.0. The highest BCUT2D eigenvalue weighted by molar-refractivity contribution is 6.39. The predicted molar refractivity (Wildman–Crippen MR) is 99.0 cm³/mol. The number of halogens is 1. The van der Waals surface area contributed by atoms with Crippen molar-refractivity contribution in [3.8, 4) is 5.88 Å². The first-order chi connectivity index (χ1) is 13.5. The van der Waals surface area contributed by atoms with Crippen molar-refractivity contribution in [3.63, 3.8) is 0 Å². The number of imidazole rings is 1. The van der Waals surface area contributed by atoms with Crippen LogP contribution in [0.2, 0.25) is 0 Å². The van der Waals surface area contributed by atoms with Crippen molar-refractivity contribution < 1.29 is 18.7 Å². The topological polar surface area (TPSA) is 98.1 Å². The molecule has 0 spiro atoms. The van der Waals surface area contributed by atoms with Gasteiger partial charge in [-0.15, -0.1) is 0 Å². The second-order valence-electron chi connectivity index (χ2n) is 5.90. The molecule has 0 aliphatic heterocycles. The summed E-state index contributed by atoms with van der Waals surface area (Å²) in [5.41, 5.74) is 0.793. The van der Waals surface area contributed by atoms with Crippen molar-refractivity contribution in [1.82, 2.24) is 19.9 Å². The van der Waals surface area contributed by atoms with E-state index in [1.165, 1.54) is 31.5 Å². The van der Waals surface area contributed by atoms with Gasteiger partial charge in [0.1, 0.15) is 17.7 Å². The van der Waals surface area contributed by atoms with Gasteiger partial charge in [0.25, 0.3) is 0 Å². The van der Waals surface area contributed by atoms with Crippen LogP contribution < -0.4 is 15.4 Å². The quantitative estimate of drug-likeness (QED) is 0.655. The van der Waals surface area contributed by atoms with Gasteiger partial charge in [-0.25, -0.2) is 14.4 Å². The fraction of sp³-hybridized carbons (Fsp3) is 0.158. The lowest BCUT2D eigenvalue weighted by Crippen LogP contribution is -2.39. The minimum atomic E-state index is -0.895. The molecular formula is C19H18FN5O3. The highest BCUT2D eigenvalue weighted by Crippen LogP contribution is 2.21. The molecule has 0 radical (unpaired) electrons. The lowest BCUT2D eigenvalue weighted by atomic mass is 10.1. The van der Waals surface area contributed by atoms with Crippen LogP contribution in [-0.2, 0) is 16.6 Å². The lowest BCUT2D eigenvalue weighted by Gasteiger charge is -2.19. The average molecular weight is 383 g/mol.